The van der Waals surface area contributed by atoms with E-state index < -0.39 is 0 Å². The van der Waals surface area contributed by atoms with Crippen molar-refractivity contribution in [3.63, 3.8) is 0 Å². The molecule has 0 heterocycles. The molecular formula is C14H20ClNO. The van der Waals surface area contributed by atoms with E-state index in [0.29, 0.717) is 11.6 Å². The molecule has 1 aliphatic rings. The number of nitrogens with two attached hydrogens (primary N) is 1. The maximum Gasteiger partial charge on any atom is 0.137 e. The highest BCUT2D eigenvalue weighted by molar-refractivity contribution is 6.32. The predicted molar refractivity (Wildman–Crippen MR) is 71.8 cm³/mol. The second kappa shape index (κ2) is 5.74. The fraction of sp³-hybridized carbons (Fsp3) is 0.571. The van der Waals surface area contributed by atoms with Crippen LogP contribution < -0.4 is 5.73 Å². The largest absolute Gasteiger partial charge is 0.506 e. The van der Waals surface area contributed by atoms with Crippen molar-refractivity contribution >= 4 is 11.6 Å². The van der Waals surface area contributed by atoms with E-state index >= 15 is 0 Å². The fourth-order valence-electron chi connectivity index (χ4n) is 2.67. The highest BCUT2D eigenvalue weighted by Gasteiger charge is 2.17. The molecule has 3 heteroatoms. The number of aryl methyl sites for hydroxylation is 1. The van der Waals surface area contributed by atoms with Crippen LogP contribution in [0.4, 0.5) is 0 Å². The summed E-state index contributed by atoms with van der Waals surface area (Å²) in [6.45, 7) is 0.653. The summed E-state index contributed by atoms with van der Waals surface area (Å²) in [6.07, 6.45) is 7.61. The van der Waals surface area contributed by atoms with E-state index in [0.717, 1.165) is 31.2 Å². The first kappa shape index (κ1) is 12.7. The second-order valence-corrected chi connectivity index (χ2v) is 5.18. The van der Waals surface area contributed by atoms with Gasteiger partial charge in [0.25, 0.3) is 0 Å². The molecule has 0 saturated heterocycles. The first-order valence-electron chi connectivity index (χ1n) is 6.46. The van der Waals surface area contributed by atoms with Crippen molar-refractivity contribution in [3.05, 3.63) is 27.8 Å². The van der Waals surface area contributed by atoms with Gasteiger partial charge >= 0.3 is 0 Å². The maximum atomic E-state index is 10.1. The van der Waals surface area contributed by atoms with Crippen molar-refractivity contribution in [3.8, 4) is 5.75 Å². The molecule has 0 spiro atoms. The van der Waals surface area contributed by atoms with E-state index in [1.807, 2.05) is 6.07 Å². The number of phenolic OH excluding ortho intramolecular Hbond substituents is 1. The first-order chi connectivity index (χ1) is 8.24. The molecule has 17 heavy (non-hydrogen) atoms. The number of hydrogen-bond donors (Lipinski definition) is 2. The minimum absolute atomic E-state index is 0.278. The third-order valence-corrected chi connectivity index (χ3v) is 3.86. The van der Waals surface area contributed by atoms with Gasteiger partial charge in [-0.25, -0.2) is 0 Å². The molecule has 1 aromatic carbocycles. The first-order valence-corrected chi connectivity index (χ1v) is 6.84. The van der Waals surface area contributed by atoms with Gasteiger partial charge in [0, 0.05) is 0 Å². The number of benzene rings is 1. The second-order valence-electron chi connectivity index (χ2n) is 4.78. The quantitative estimate of drug-likeness (QED) is 0.813. The lowest BCUT2D eigenvalue weighted by molar-refractivity contribution is 0.466. The lowest BCUT2D eigenvalue weighted by Crippen LogP contribution is -2.05. The Morgan fingerprint density at radius 3 is 2.76 bits per heavy atom. The lowest BCUT2D eigenvalue weighted by atomic mass is 9.93. The van der Waals surface area contributed by atoms with Crippen LogP contribution in [0, 0.1) is 0 Å². The molecule has 0 saturated carbocycles. The number of aromatic hydroxyl groups is 1. The van der Waals surface area contributed by atoms with E-state index in [4.69, 9.17) is 17.3 Å². The number of halogens is 1. The number of fused-ring (bicyclic) bond motifs is 1. The van der Waals surface area contributed by atoms with E-state index in [1.54, 1.807) is 0 Å². The molecule has 0 aliphatic heterocycles. The monoisotopic (exact) mass is 253 g/mol. The molecule has 2 nitrogen and oxygen atoms in total. The fourth-order valence-corrected chi connectivity index (χ4v) is 2.91. The Hall–Kier alpha value is -0.730. The molecular weight excluding hydrogens is 234 g/mol. The molecule has 94 valence electrons. The Morgan fingerprint density at radius 1 is 1.24 bits per heavy atom. The summed E-state index contributed by atoms with van der Waals surface area (Å²) in [5, 5.41) is 10.6. The Bertz CT molecular complexity index is 404. The smallest absolute Gasteiger partial charge is 0.137 e. The summed E-state index contributed by atoms with van der Waals surface area (Å²) in [4.78, 5) is 0. The SMILES string of the molecule is NCCCc1c(O)c(Cl)cc2c1CCCCC2. The summed E-state index contributed by atoms with van der Waals surface area (Å²) in [6, 6.07) is 1.95. The van der Waals surface area contributed by atoms with Gasteiger partial charge in [-0.1, -0.05) is 18.0 Å². The van der Waals surface area contributed by atoms with Gasteiger partial charge in [0.2, 0.25) is 0 Å². The topological polar surface area (TPSA) is 46.2 Å². The zero-order chi connectivity index (χ0) is 12.3. The van der Waals surface area contributed by atoms with Gasteiger partial charge in [0.05, 0.1) is 5.02 Å². The Labute approximate surface area is 108 Å². The molecule has 0 atom stereocenters. The molecule has 0 amide bonds. The molecule has 1 aromatic rings. The summed E-state index contributed by atoms with van der Waals surface area (Å²) in [7, 11) is 0. The van der Waals surface area contributed by atoms with Crippen LogP contribution in [0.2, 0.25) is 5.02 Å². The number of rotatable bonds is 3. The van der Waals surface area contributed by atoms with Crippen molar-refractivity contribution in [1.82, 2.24) is 0 Å². The average molecular weight is 254 g/mol. The van der Waals surface area contributed by atoms with Crippen LogP contribution in [0.3, 0.4) is 0 Å². The summed E-state index contributed by atoms with van der Waals surface area (Å²) < 4.78 is 0. The molecule has 0 radical (unpaired) electrons. The molecule has 0 unspecified atom stereocenters. The highest BCUT2D eigenvalue weighted by Crippen LogP contribution is 2.36. The Kier molecular flexibility index (Phi) is 4.30. The third-order valence-electron chi connectivity index (χ3n) is 3.57. The minimum Gasteiger partial charge on any atom is -0.506 e. The zero-order valence-electron chi connectivity index (χ0n) is 10.1. The van der Waals surface area contributed by atoms with Gasteiger partial charge < -0.3 is 10.8 Å². The van der Waals surface area contributed by atoms with Gasteiger partial charge in [0.1, 0.15) is 5.75 Å². The van der Waals surface area contributed by atoms with Gasteiger partial charge in [-0.2, -0.15) is 0 Å². The standard InChI is InChI=1S/C14H20ClNO/c15-13-9-10-5-2-1-3-6-11(10)12(14(13)17)7-4-8-16/h9,17H,1-8,16H2. The van der Waals surface area contributed by atoms with Crippen LogP contribution in [0.25, 0.3) is 0 Å². The van der Waals surface area contributed by atoms with Crippen LogP contribution in [0.5, 0.6) is 5.75 Å². The van der Waals surface area contributed by atoms with Gasteiger partial charge in [0.15, 0.2) is 0 Å². The molecule has 3 N–H and O–H groups in total. The van der Waals surface area contributed by atoms with Crippen LogP contribution >= 0.6 is 11.6 Å². The van der Waals surface area contributed by atoms with Crippen LogP contribution in [0.1, 0.15) is 42.4 Å². The third kappa shape index (κ3) is 2.75. The Balaban J connectivity index is 2.42. The lowest BCUT2D eigenvalue weighted by Gasteiger charge is -2.15. The normalized spacial score (nSPS) is 15.4. The highest BCUT2D eigenvalue weighted by atomic mass is 35.5. The van der Waals surface area contributed by atoms with Crippen LogP contribution in [-0.2, 0) is 19.3 Å². The van der Waals surface area contributed by atoms with E-state index in [-0.39, 0.29) is 5.75 Å². The minimum atomic E-state index is 0.278. The molecule has 0 aromatic heterocycles. The van der Waals surface area contributed by atoms with Crippen LogP contribution in [0.15, 0.2) is 6.07 Å². The van der Waals surface area contributed by atoms with Crippen molar-refractivity contribution in [2.24, 2.45) is 5.73 Å². The molecule has 2 rings (SSSR count). The van der Waals surface area contributed by atoms with Crippen molar-refractivity contribution < 1.29 is 5.11 Å². The van der Waals surface area contributed by atoms with Gasteiger partial charge in [-0.15, -0.1) is 0 Å². The Morgan fingerprint density at radius 2 is 2.00 bits per heavy atom. The van der Waals surface area contributed by atoms with Crippen molar-refractivity contribution in [2.75, 3.05) is 6.54 Å². The number of phenols is 1. The van der Waals surface area contributed by atoms with E-state index in [2.05, 4.69) is 0 Å². The van der Waals surface area contributed by atoms with E-state index in [9.17, 15) is 5.11 Å². The van der Waals surface area contributed by atoms with Gasteiger partial charge in [-0.3, -0.25) is 0 Å². The summed E-state index contributed by atoms with van der Waals surface area (Å²) in [5.41, 5.74) is 9.26. The van der Waals surface area contributed by atoms with Gasteiger partial charge in [-0.05, 0) is 67.8 Å². The average Bonchev–Trinajstić information content (AvgIpc) is 2.55. The molecule has 0 fully saturated rings. The van der Waals surface area contributed by atoms with E-state index in [1.165, 1.54) is 30.4 Å². The molecule has 1 aliphatic carbocycles. The molecule has 0 bridgehead atoms. The predicted octanol–water partition coefficient (Wildman–Crippen LogP) is 3.21. The summed E-state index contributed by atoms with van der Waals surface area (Å²) in [5.74, 6) is 0.278. The number of hydrogen-bond acceptors (Lipinski definition) is 2. The maximum absolute atomic E-state index is 10.1. The summed E-state index contributed by atoms with van der Waals surface area (Å²) >= 11 is 6.10. The van der Waals surface area contributed by atoms with Crippen LogP contribution in [-0.4, -0.2) is 11.7 Å². The van der Waals surface area contributed by atoms with Crippen molar-refractivity contribution in [1.29, 1.82) is 0 Å². The zero-order valence-corrected chi connectivity index (χ0v) is 10.9. The van der Waals surface area contributed by atoms with Crippen molar-refractivity contribution in [2.45, 2.75) is 44.9 Å².